The lowest BCUT2D eigenvalue weighted by atomic mass is 10.0. The van der Waals surface area contributed by atoms with Gasteiger partial charge in [0.15, 0.2) is 0 Å². The van der Waals surface area contributed by atoms with Crippen molar-refractivity contribution in [1.82, 2.24) is 14.1 Å². The molecule has 54 heavy (non-hydrogen) atoms. The number of fused-ring (bicyclic) bond motifs is 9. The molecule has 0 N–H and O–H groups in total. The topological polar surface area (TPSA) is 22.8 Å². The van der Waals surface area contributed by atoms with Gasteiger partial charge in [0.2, 0.25) is 0 Å². The van der Waals surface area contributed by atoms with Gasteiger partial charge in [0.1, 0.15) is 0 Å². The lowest BCUT2D eigenvalue weighted by molar-refractivity contribution is 1.18. The van der Waals surface area contributed by atoms with Crippen molar-refractivity contribution in [2.45, 2.75) is 0 Å². The molecule has 3 heteroatoms. The van der Waals surface area contributed by atoms with Gasteiger partial charge in [0.05, 0.1) is 27.6 Å². The van der Waals surface area contributed by atoms with Gasteiger partial charge >= 0.3 is 0 Å². The molecule has 0 unspecified atom stereocenters. The van der Waals surface area contributed by atoms with Crippen LogP contribution in [0.2, 0.25) is 0 Å². The van der Waals surface area contributed by atoms with Gasteiger partial charge in [-0.3, -0.25) is 4.98 Å². The zero-order valence-corrected chi connectivity index (χ0v) is 29.2. The minimum atomic E-state index is 1.05. The van der Waals surface area contributed by atoms with E-state index in [-0.39, 0.29) is 0 Å². The predicted octanol–water partition coefficient (Wildman–Crippen LogP) is 13.4. The summed E-state index contributed by atoms with van der Waals surface area (Å²) in [5.74, 6) is 0. The third kappa shape index (κ3) is 4.15. The molecular formula is C51H31N3. The summed E-state index contributed by atoms with van der Waals surface area (Å²) in [4.78, 5) is 4.67. The number of hydrogen-bond donors (Lipinski definition) is 0. The van der Waals surface area contributed by atoms with Crippen molar-refractivity contribution in [1.29, 1.82) is 0 Å². The van der Waals surface area contributed by atoms with Crippen LogP contribution in [0, 0.1) is 0 Å². The molecule has 3 heterocycles. The van der Waals surface area contributed by atoms with E-state index >= 15 is 0 Å². The van der Waals surface area contributed by atoms with Crippen LogP contribution < -0.4 is 0 Å². The second-order valence-electron chi connectivity index (χ2n) is 14.4. The highest BCUT2D eigenvalue weighted by molar-refractivity contribution is 6.16. The number of nitrogens with zero attached hydrogens (tertiary/aromatic N) is 3. The number of rotatable bonds is 4. The Bertz CT molecular complexity index is 3320. The van der Waals surface area contributed by atoms with E-state index < -0.39 is 0 Å². The molecule has 0 spiro atoms. The first kappa shape index (κ1) is 29.4. The van der Waals surface area contributed by atoms with E-state index in [0.29, 0.717) is 0 Å². The van der Waals surface area contributed by atoms with Crippen molar-refractivity contribution < 1.29 is 0 Å². The van der Waals surface area contributed by atoms with Gasteiger partial charge in [-0.1, -0.05) is 109 Å². The summed E-state index contributed by atoms with van der Waals surface area (Å²) in [6.07, 6.45) is 1.93. The van der Waals surface area contributed by atoms with Gasteiger partial charge in [-0.2, -0.15) is 0 Å². The fourth-order valence-corrected chi connectivity index (χ4v) is 9.10. The highest BCUT2D eigenvalue weighted by Gasteiger charge is 2.23. The van der Waals surface area contributed by atoms with Gasteiger partial charge in [-0.25, -0.2) is 0 Å². The lowest BCUT2D eigenvalue weighted by Crippen LogP contribution is -1.94. The molecule has 3 aromatic heterocycles. The number of hydrogen-bond acceptors (Lipinski definition) is 1. The average Bonchev–Trinajstić information content (AvgIpc) is 3.87. The minimum absolute atomic E-state index is 1.05. The molecule has 0 atom stereocenters. The molecule has 0 bridgehead atoms. The summed E-state index contributed by atoms with van der Waals surface area (Å²) < 4.78 is 4.83. The van der Waals surface area contributed by atoms with Gasteiger partial charge in [0, 0.05) is 44.5 Å². The molecule has 12 rings (SSSR count). The van der Waals surface area contributed by atoms with Crippen molar-refractivity contribution >= 4 is 54.5 Å². The van der Waals surface area contributed by atoms with Crippen molar-refractivity contribution in [3.63, 3.8) is 0 Å². The molecule has 0 radical (unpaired) electrons. The molecule has 0 saturated heterocycles. The first-order chi connectivity index (χ1) is 26.8. The molecule has 0 fully saturated rings. The van der Waals surface area contributed by atoms with E-state index in [9.17, 15) is 0 Å². The van der Waals surface area contributed by atoms with Gasteiger partial charge in [0.25, 0.3) is 0 Å². The Hall–Kier alpha value is -7.23. The quantitative estimate of drug-likeness (QED) is 0.181. The maximum Gasteiger partial charge on any atom is 0.0714 e. The fourth-order valence-electron chi connectivity index (χ4n) is 9.10. The van der Waals surface area contributed by atoms with Crippen molar-refractivity contribution in [3.05, 3.63) is 188 Å². The minimum Gasteiger partial charge on any atom is -0.309 e. The molecule has 1 aliphatic carbocycles. The number of benzene rings is 8. The summed E-state index contributed by atoms with van der Waals surface area (Å²) >= 11 is 0. The Morgan fingerprint density at radius 2 is 0.889 bits per heavy atom. The summed E-state index contributed by atoms with van der Waals surface area (Å²) in [5, 5.41) is 6.25. The van der Waals surface area contributed by atoms with Crippen molar-refractivity contribution in [2.24, 2.45) is 0 Å². The Morgan fingerprint density at radius 3 is 1.61 bits per heavy atom. The summed E-state index contributed by atoms with van der Waals surface area (Å²) in [7, 11) is 0. The Kier molecular flexibility index (Phi) is 6.05. The van der Waals surface area contributed by atoms with Gasteiger partial charge in [-0.15, -0.1) is 0 Å². The second-order valence-corrected chi connectivity index (χ2v) is 14.4. The predicted molar refractivity (Wildman–Crippen MR) is 226 cm³/mol. The highest BCUT2D eigenvalue weighted by Crippen LogP contribution is 2.48. The zero-order chi connectivity index (χ0) is 35.3. The van der Waals surface area contributed by atoms with Crippen LogP contribution in [0.4, 0.5) is 0 Å². The van der Waals surface area contributed by atoms with E-state index in [2.05, 4.69) is 196 Å². The molecule has 0 saturated carbocycles. The molecule has 3 nitrogen and oxygen atoms in total. The van der Waals surface area contributed by atoms with E-state index in [1.165, 1.54) is 93.5 Å². The van der Waals surface area contributed by atoms with E-state index in [4.69, 9.17) is 0 Å². The van der Waals surface area contributed by atoms with Crippen LogP contribution in [0.1, 0.15) is 0 Å². The Labute approximate surface area is 311 Å². The number of para-hydroxylation sites is 2. The van der Waals surface area contributed by atoms with Crippen LogP contribution in [0.5, 0.6) is 0 Å². The van der Waals surface area contributed by atoms with Gasteiger partial charge in [-0.05, 0) is 117 Å². The lowest BCUT2D eigenvalue weighted by Gasteiger charge is -2.12. The number of aromatic nitrogens is 3. The van der Waals surface area contributed by atoms with Crippen molar-refractivity contribution in [2.75, 3.05) is 0 Å². The van der Waals surface area contributed by atoms with E-state index in [1.807, 2.05) is 6.20 Å². The second kappa shape index (κ2) is 11.1. The van der Waals surface area contributed by atoms with Crippen LogP contribution in [-0.4, -0.2) is 14.1 Å². The third-order valence-corrected chi connectivity index (χ3v) is 11.5. The molecule has 0 aliphatic heterocycles. The summed E-state index contributed by atoms with van der Waals surface area (Å²) in [6, 6.07) is 66.6. The highest BCUT2D eigenvalue weighted by atomic mass is 15.0. The summed E-state index contributed by atoms with van der Waals surface area (Å²) in [5.41, 5.74) is 18.1. The zero-order valence-electron chi connectivity index (χ0n) is 29.2. The average molecular weight is 686 g/mol. The van der Waals surface area contributed by atoms with Crippen LogP contribution in [0.15, 0.2) is 188 Å². The largest absolute Gasteiger partial charge is 0.309 e. The molecule has 8 aromatic carbocycles. The van der Waals surface area contributed by atoms with E-state index in [0.717, 1.165) is 16.9 Å². The molecule has 11 aromatic rings. The Balaban J connectivity index is 1.01. The standard InChI is InChI=1S/C51H31N3/c1-2-10-32(11-3-1)33-12-8-13-36(28-33)53-47-18-6-4-14-39(47)44-29-34(20-24-49(44)53)35-21-25-50-45(30-35)40-15-5-7-19-48(40)54(50)37-22-23-38-42-26-27-52-46-17-9-16-41(51(42)46)43(38)31-37/h1-31H. The molecule has 250 valence electrons. The maximum absolute atomic E-state index is 4.67. The third-order valence-electron chi connectivity index (χ3n) is 11.5. The van der Waals surface area contributed by atoms with Crippen LogP contribution in [0.25, 0.3) is 110 Å². The smallest absolute Gasteiger partial charge is 0.0714 e. The maximum atomic E-state index is 4.67. The number of pyridine rings is 1. The summed E-state index contributed by atoms with van der Waals surface area (Å²) in [6.45, 7) is 0. The first-order valence-corrected chi connectivity index (χ1v) is 18.5. The first-order valence-electron chi connectivity index (χ1n) is 18.5. The van der Waals surface area contributed by atoms with Crippen molar-refractivity contribution in [3.8, 4) is 55.9 Å². The monoisotopic (exact) mass is 685 g/mol. The normalized spacial score (nSPS) is 12.1. The van der Waals surface area contributed by atoms with Gasteiger partial charge < -0.3 is 9.13 Å². The fraction of sp³-hybridized carbons (Fsp3) is 0. The Morgan fingerprint density at radius 1 is 0.315 bits per heavy atom. The molecule has 0 amide bonds. The van der Waals surface area contributed by atoms with Crippen LogP contribution >= 0.6 is 0 Å². The van der Waals surface area contributed by atoms with E-state index in [1.54, 1.807) is 0 Å². The van der Waals surface area contributed by atoms with Crippen LogP contribution in [0.3, 0.4) is 0 Å². The molecular weight excluding hydrogens is 655 g/mol. The SMILES string of the molecule is c1ccc(-c2cccc(-n3c4ccccc4c4cc(-c5ccc6c(c5)c5ccccc5n6-c5ccc6c(c5)-c5cccc7nccc-6c57)ccc43)c2)cc1. The van der Waals surface area contributed by atoms with Crippen LogP contribution in [-0.2, 0) is 0 Å². The molecule has 1 aliphatic rings.